The molecule has 0 radical (unpaired) electrons. The number of furan rings is 1. The lowest BCUT2D eigenvalue weighted by molar-refractivity contribution is 0.203. The number of thiophene rings is 1. The number of aromatic nitrogens is 1. The van der Waals surface area contributed by atoms with Crippen molar-refractivity contribution >= 4 is 70.4 Å². The molecule has 2 unspecified atom stereocenters. The van der Waals surface area contributed by atoms with Crippen molar-refractivity contribution in [3.63, 3.8) is 0 Å². The monoisotopic (exact) mass is 754 g/mol. The Balaban J connectivity index is 0.985. The smallest absolute Gasteiger partial charge is 0.137 e. The van der Waals surface area contributed by atoms with Gasteiger partial charge in [0.15, 0.2) is 0 Å². The molecule has 0 amide bonds. The molecule has 12 rings (SSSR count). The van der Waals surface area contributed by atoms with Crippen molar-refractivity contribution in [3.05, 3.63) is 192 Å². The van der Waals surface area contributed by atoms with Crippen LogP contribution in [0.4, 0.5) is 0 Å². The van der Waals surface area contributed by atoms with E-state index in [0.29, 0.717) is 0 Å². The lowest BCUT2D eigenvalue weighted by Crippen LogP contribution is -2.54. The number of hydrogen-bond acceptors (Lipinski definition) is 5. The van der Waals surface area contributed by atoms with Crippen LogP contribution in [0.1, 0.15) is 52.9 Å². The first-order valence-electron chi connectivity index (χ1n) is 19.8. The van der Waals surface area contributed by atoms with E-state index in [-0.39, 0.29) is 18.5 Å². The van der Waals surface area contributed by atoms with E-state index in [1.54, 1.807) is 0 Å². The number of para-hydroxylation sites is 1. The molecular weight excluding hydrogens is 717 g/mol. The topological polar surface area (TPSA) is 54.2 Å². The van der Waals surface area contributed by atoms with Gasteiger partial charge < -0.3 is 8.98 Å². The van der Waals surface area contributed by atoms with Crippen molar-refractivity contribution in [1.29, 1.82) is 0 Å². The van der Waals surface area contributed by atoms with Gasteiger partial charge in [-0.25, -0.2) is 0 Å². The highest BCUT2D eigenvalue weighted by Gasteiger charge is 2.30. The Labute approximate surface area is 333 Å². The lowest BCUT2D eigenvalue weighted by Gasteiger charge is -2.39. The van der Waals surface area contributed by atoms with E-state index in [1.807, 2.05) is 11.3 Å². The highest BCUT2D eigenvalue weighted by Crippen LogP contribution is 2.45. The first kappa shape index (κ1) is 32.9. The summed E-state index contributed by atoms with van der Waals surface area (Å²) in [5.41, 5.74) is 12.9. The number of fused-ring (bicyclic) bond motifs is 9. The zero-order valence-corrected chi connectivity index (χ0v) is 31.9. The van der Waals surface area contributed by atoms with Crippen molar-refractivity contribution < 1.29 is 4.42 Å². The highest BCUT2D eigenvalue weighted by atomic mass is 32.1. The van der Waals surface area contributed by atoms with E-state index in [2.05, 4.69) is 190 Å². The van der Waals surface area contributed by atoms with Crippen LogP contribution in [-0.4, -0.2) is 4.57 Å². The van der Waals surface area contributed by atoms with Crippen LogP contribution >= 0.6 is 11.3 Å². The van der Waals surface area contributed by atoms with Gasteiger partial charge in [0.05, 0.1) is 24.0 Å². The van der Waals surface area contributed by atoms with Gasteiger partial charge in [-0.1, -0.05) is 115 Å². The van der Waals surface area contributed by atoms with Gasteiger partial charge in [-0.05, 0) is 94.8 Å². The third-order valence-electron chi connectivity index (χ3n) is 12.0. The first-order valence-corrected chi connectivity index (χ1v) is 20.6. The second kappa shape index (κ2) is 13.2. The van der Waals surface area contributed by atoms with Crippen LogP contribution in [0.5, 0.6) is 0 Å². The summed E-state index contributed by atoms with van der Waals surface area (Å²) < 4.78 is 11.7. The van der Waals surface area contributed by atoms with Gasteiger partial charge in [0.2, 0.25) is 0 Å². The maximum absolute atomic E-state index is 6.73. The van der Waals surface area contributed by atoms with Gasteiger partial charge >= 0.3 is 0 Å². The van der Waals surface area contributed by atoms with E-state index in [4.69, 9.17) is 4.42 Å². The third kappa shape index (κ3) is 5.33. The number of aryl methyl sites for hydroxylation is 1. The van der Waals surface area contributed by atoms with Crippen LogP contribution in [-0.2, 0) is 6.42 Å². The summed E-state index contributed by atoms with van der Waals surface area (Å²) in [6.07, 6.45) is 6.59. The van der Waals surface area contributed by atoms with Gasteiger partial charge in [0.1, 0.15) is 11.2 Å². The van der Waals surface area contributed by atoms with E-state index in [1.165, 1.54) is 70.1 Å². The minimum Gasteiger partial charge on any atom is -0.456 e. The fourth-order valence-corrected chi connectivity index (χ4v) is 10.5. The molecule has 57 heavy (non-hydrogen) atoms. The van der Waals surface area contributed by atoms with Crippen molar-refractivity contribution in [2.24, 2.45) is 0 Å². The summed E-state index contributed by atoms with van der Waals surface area (Å²) in [5.74, 6) is 0. The molecular formula is C51H38N4OS. The molecule has 0 spiro atoms. The van der Waals surface area contributed by atoms with Crippen molar-refractivity contribution in [2.45, 2.75) is 31.3 Å². The van der Waals surface area contributed by atoms with Crippen LogP contribution in [0.25, 0.3) is 75.9 Å². The Morgan fingerprint density at radius 2 is 1.23 bits per heavy atom. The summed E-state index contributed by atoms with van der Waals surface area (Å²) in [7, 11) is 0. The number of nitrogens with zero attached hydrogens (tertiary/aromatic N) is 1. The van der Waals surface area contributed by atoms with Crippen molar-refractivity contribution in [1.82, 2.24) is 20.5 Å². The predicted octanol–water partition coefficient (Wildman–Crippen LogP) is 12.7. The summed E-state index contributed by atoms with van der Waals surface area (Å²) in [4.78, 5) is 0. The number of hydrogen-bond donors (Lipinski definition) is 3. The fourth-order valence-electron chi connectivity index (χ4n) is 9.40. The van der Waals surface area contributed by atoms with Crippen LogP contribution in [0.15, 0.2) is 168 Å². The maximum Gasteiger partial charge on any atom is 0.137 e. The van der Waals surface area contributed by atoms with E-state index in [9.17, 15) is 0 Å². The molecule has 5 nitrogen and oxygen atoms in total. The summed E-state index contributed by atoms with van der Waals surface area (Å²) in [5, 5.41) is 17.7. The van der Waals surface area contributed by atoms with Gasteiger partial charge in [0, 0.05) is 53.8 Å². The average molecular weight is 755 g/mol. The average Bonchev–Trinajstić information content (AvgIpc) is 3.96. The van der Waals surface area contributed by atoms with Crippen LogP contribution in [0.2, 0.25) is 0 Å². The van der Waals surface area contributed by atoms with Crippen LogP contribution < -0.4 is 16.0 Å². The first-order chi connectivity index (χ1) is 28.2. The third-order valence-corrected chi connectivity index (χ3v) is 13.1. The zero-order valence-electron chi connectivity index (χ0n) is 31.1. The second-order valence-electron chi connectivity index (χ2n) is 15.3. The highest BCUT2D eigenvalue weighted by molar-refractivity contribution is 7.26. The molecule has 0 bridgehead atoms. The van der Waals surface area contributed by atoms with Crippen LogP contribution in [0.3, 0.4) is 0 Å². The molecule has 3 aromatic heterocycles. The fraction of sp³-hybridized carbons (Fsp3) is 0.0980. The number of allylic oxidation sites excluding steroid dienone is 1. The Morgan fingerprint density at radius 3 is 2.02 bits per heavy atom. The number of rotatable bonds is 5. The SMILES string of the molecule is C1=Cc2c(c3ccccc3n2-c2ccc3c(c2)oc2cccc(-c4cccc5sc6ccc(C7NC(c8ccccc8)NC(c8ccccc8)N7)cc6c45)c23)CC1. The Morgan fingerprint density at radius 1 is 0.526 bits per heavy atom. The van der Waals surface area contributed by atoms with Gasteiger partial charge in [0.25, 0.3) is 0 Å². The van der Waals surface area contributed by atoms with Crippen LogP contribution in [0, 0.1) is 0 Å². The molecule has 1 saturated heterocycles. The molecule has 4 heterocycles. The summed E-state index contributed by atoms with van der Waals surface area (Å²) in [6, 6.07) is 57.1. The quantitative estimate of drug-likeness (QED) is 0.164. The summed E-state index contributed by atoms with van der Waals surface area (Å²) in [6.45, 7) is 0. The molecule has 6 heteroatoms. The standard InChI is InChI=1S/C51H38N4OS/c1-3-13-31(14-4-1)49-52-50(32-15-5-2-6-16-32)54-51(53-49)33-25-28-45-40(29-33)48-38(20-12-24-46(48)57-45)37-19-11-23-43-47(37)39-27-26-34(30-44(39)56-43)55-41-21-9-7-17-35(41)36-18-8-10-22-42(36)55/h1-7,9-17,19-30,49-54H,8,18H2. The minimum atomic E-state index is -0.0814. The van der Waals surface area contributed by atoms with E-state index in [0.717, 1.165) is 40.5 Å². The number of benzene rings is 7. The van der Waals surface area contributed by atoms with Gasteiger partial charge in [-0.3, -0.25) is 16.0 Å². The largest absolute Gasteiger partial charge is 0.456 e. The van der Waals surface area contributed by atoms with Gasteiger partial charge in [-0.15, -0.1) is 11.3 Å². The molecule has 2 aliphatic rings. The predicted molar refractivity (Wildman–Crippen MR) is 237 cm³/mol. The van der Waals surface area contributed by atoms with Crippen molar-refractivity contribution in [2.75, 3.05) is 0 Å². The zero-order chi connectivity index (χ0) is 37.5. The molecule has 1 aliphatic heterocycles. The molecule has 1 aliphatic carbocycles. The van der Waals surface area contributed by atoms with E-state index < -0.39 is 0 Å². The summed E-state index contributed by atoms with van der Waals surface area (Å²) >= 11 is 1.86. The molecule has 2 atom stereocenters. The minimum absolute atomic E-state index is 0.0289. The maximum atomic E-state index is 6.73. The Bertz CT molecular complexity index is 3150. The Hall–Kier alpha value is -6.28. The normalized spacial score (nSPS) is 18.3. The number of nitrogens with one attached hydrogen (secondary N) is 3. The molecule has 1 fully saturated rings. The Kier molecular flexibility index (Phi) is 7.60. The molecule has 3 N–H and O–H groups in total. The second-order valence-corrected chi connectivity index (χ2v) is 16.4. The van der Waals surface area contributed by atoms with E-state index >= 15 is 0 Å². The molecule has 0 saturated carbocycles. The van der Waals surface area contributed by atoms with Gasteiger partial charge in [-0.2, -0.15) is 0 Å². The molecule has 7 aromatic carbocycles. The molecule has 274 valence electrons. The molecule has 10 aromatic rings. The van der Waals surface area contributed by atoms with Crippen molar-refractivity contribution in [3.8, 4) is 16.8 Å². The lowest BCUT2D eigenvalue weighted by atomic mass is 9.94.